The summed E-state index contributed by atoms with van der Waals surface area (Å²) in [4.78, 5) is 18.2. The van der Waals surface area contributed by atoms with Crippen LogP contribution in [0.4, 0.5) is 0 Å². The molecule has 0 amide bonds. The summed E-state index contributed by atoms with van der Waals surface area (Å²) in [6.45, 7) is 4.68. The molecule has 0 saturated carbocycles. The van der Waals surface area contributed by atoms with Crippen molar-refractivity contribution in [1.29, 1.82) is 0 Å². The van der Waals surface area contributed by atoms with E-state index < -0.39 is 0 Å². The predicted octanol–water partition coefficient (Wildman–Crippen LogP) is 2.69. The Morgan fingerprint density at radius 3 is 1.39 bits per heavy atom. The maximum atomic E-state index is 4.51. The van der Waals surface area contributed by atoms with Crippen LogP contribution in [0.5, 0.6) is 0 Å². The van der Waals surface area contributed by atoms with Crippen LogP contribution in [0.25, 0.3) is 0 Å². The van der Waals surface area contributed by atoms with Crippen molar-refractivity contribution in [3.05, 3.63) is 102 Å². The molecule has 0 aliphatic rings. The van der Waals surface area contributed by atoms with E-state index in [2.05, 4.69) is 58.4 Å². The van der Waals surface area contributed by atoms with E-state index in [1.807, 2.05) is 61.2 Å². The number of aromatic amines is 1. The molecule has 4 aromatic heterocycles. The second-order valence-electron chi connectivity index (χ2n) is 7.35. The summed E-state index contributed by atoms with van der Waals surface area (Å²) in [5, 5.41) is 10.8. The van der Waals surface area contributed by atoms with Gasteiger partial charge in [0.05, 0.1) is 22.8 Å². The molecule has 31 heavy (non-hydrogen) atoms. The number of nitrogens with zero attached hydrogens (tertiary/aromatic N) is 7. The van der Waals surface area contributed by atoms with Gasteiger partial charge < -0.3 is 0 Å². The first-order valence-corrected chi connectivity index (χ1v) is 10.3. The molecular formula is C23H26N8. The highest BCUT2D eigenvalue weighted by Gasteiger charge is 2.14. The molecule has 0 bridgehead atoms. The topological polar surface area (TPSA) is 86.7 Å². The molecule has 0 spiro atoms. The van der Waals surface area contributed by atoms with Crippen molar-refractivity contribution in [3.8, 4) is 0 Å². The molecule has 0 atom stereocenters. The first-order valence-electron chi connectivity index (χ1n) is 10.3. The van der Waals surface area contributed by atoms with Crippen molar-refractivity contribution in [2.75, 3.05) is 13.1 Å². The van der Waals surface area contributed by atoms with Gasteiger partial charge in [-0.3, -0.25) is 29.9 Å². The number of H-pyrrole nitrogens is 1. The Kier molecular flexibility index (Phi) is 7.40. The quantitative estimate of drug-likeness (QED) is 0.404. The lowest BCUT2D eigenvalue weighted by molar-refractivity contribution is 0.178. The van der Waals surface area contributed by atoms with E-state index in [-0.39, 0.29) is 0 Å². The minimum Gasteiger partial charge on any atom is -0.290 e. The molecule has 8 nitrogen and oxygen atoms in total. The fourth-order valence-corrected chi connectivity index (χ4v) is 3.40. The molecule has 0 aliphatic carbocycles. The number of nitrogens with one attached hydrogen (secondary N) is 1. The Morgan fingerprint density at radius 1 is 0.581 bits per heavy atom. The number of pyridine rings is 3. The van der Waals surface area contributed by atoms with Gasteiger partial charge in [-0.05, 0) is 36.4 Å². The summed E-state index contributed by atoms with van der Waals surface area (Å²) in [5.74, 6) is 0. The Hall–Kier alpha value is -3.49. The zero-order valence-corrected chi connectivity index (χ0v) is 17.4. The third kappa shape index (κ3) is 6.77. The molecule has 0 aliphatic heterocycles. The van der Waals surface area contributed by atoms with Gasteiger partial charge in [0.1, 0.15) is 0 Å². The summed E-state index contributed by atoms with van der Waals surface area (Å²) in [7, 11) is 0. The summed E-state index contributed by atoms with van der Waals surface area (Å²) in [5.41, 5.74) is 4.04. The van der Waals surface area contributed by atoms with Crippen LogP contribution < -0.4 is 0 Å². The SMILES string of the molecule is c1ccc(CN(CCN(Cc2ccccn2)Cc2c[nH]nn2)Cc2ccccn2)nc1. The predicted molar refractivity (Wildman–Crippen MR) is 117 cm³/mol. The summed E-state index contributed by atoms with van der Waals surface area (Å²) >= 11 is 0. The van der Waals surface area contributed by atoms with E-state index in [4.69, 9.17) is 0 Å². The molecular weight excluding hydrogens is 388 g/mol. The normalized spacial score (nSPS) is 11.3. The van der Waals surface area contributed by atoms with Crippen LogP contribution in [-0.4, -0.2) is 53.3 Å². The molecule has 4 heterocycles. The molecule has 0 radical (unpaired) electrons. The van der Waals surface area contributed by atoms with Gasteiger partial charge in [-0.2, -0.15) is 0 Å². The Balaban J connectivity index is 1.45. The van der Waals surface area contributed by atoms with Crippen LogP contribution in [0.1, 0.15) is 22.8 Å². The van der Waals surface area contributed by atoms with Crippen molar-refractivity contribution in [1.82, 2.24) is 40.2 Å². The molecule has 0 aromatic carbocycles. The smallest absolute Gasteiger partial charge is 0.0964 e. The van der Waals surface area contributed by atoms with Gasteiger partial charge in [0, 0.05) is 64.1 Å². The average molecular weight is 415 g/mol. The molecule has 1 N–H and O–H groups in total. The number of hydrogen-bond acceptors (Lipinski definition) is 7. The Morgan fingerprint density at radius 2 is 1.03 bits per heavy atom. The van der Waals surface area contributed by atoms with Gasteiger partial charge in [-0.1, -0.05) is 23.4 Å². The molecule has 4 aromatic rings. The van der Waals surface area contributed by atoms with E-state index in [0.717, 1.165) is 55.5 Å². The van der Waals surface area contributed by atoms with Crippen molar-refractivity contribution in [2.45, 2.75) is 26.2 Å². The van der Waals surface area contributed by atoms with Crippen LogP contribution >= 0.6 is 0 Å². The zero-order chi connectivity index (χ0) is 21.1. The number of aromatic nitrogens is 6. The minimum atomic E-state index is 0.702. The van der Waals surface area contributed by atoms with E-state index in [0.29, 0.717) is 6.54 Å². The van der Waals surface area contributed by atoms with Crippen LogP contribution in [0, 0.1) is 0 Å². The third-order valence-corrected chi connectivity index (χ3v) is 4.92. The van der Waals surface area contributed by atoms with E-state index in [1.165, 1.54) is 0 Å². The highest BCUT2D eigenvalue weighted by molar-refractivity contribution is 5.07. The first kappa shape index (κ1) is 20.8. The van der Waals surface area contributed by atoms with Crippen LogP contribution in [0.15, 0.2) is 79.4 Å². The van der Waals surface area contributed by atoms with Gasteiger partial charge in [0.2, 0.25) is 0 Å². The maximum absolute atomic E-state index is 4.51. The fourth-order valence-electron chi connectivity index (χ4n) is 3.40. The minimum absolute atomic E-state index is 0.702. The van der Waals surface area contributed by atoms with Crippen molar-refractivity contribution in [2.24, 2.45) is 0 Å². The van der Waals surface area contributed by atoms with Gasteiger partial charge >= 0.3 is 0 Å². The summed E-state index contributed by atoms with van der Waals surface area (Å²) in [6, 6.07) is 18.1. The van der Waals surface area contributed by atoms with Crippen molar-refractivity contribution >= 4 is 0 Å². The van der Waals surface area contributed by atoms with Crippen molar-refractivity contribution in [3.63, 3.8) is 0 Å². The van der Waals surface area contributed by atoms with Crippen LogP contribution in [0.2, 0.25) is 0 Å². The number of rotatable bonds is 11. The summed E-state index contributed by atoms with van der Waals surface area (Å²) in [6.07, 6.45) is 7.35. The van der Waals surface area contributed by atoms with E-state index in [1.54, 1.807) is 0 Å². The Bertz CT molecular complexity index is 952. The highest BCUT2D eigenvalue weighted by atomic mass is 15.3. The van der Waals surface area contributed by atoms with Gasteiger partial charge in [-0.15, -0.1) is 5.10 Å². The monoisotopic (exact) mass is 414 g/mol. The highest BCUT2D eigenvalue weighted by Crippen LogP contribution is 2.10. The Labute approximate surface area is 182 Å². The van der Waals surface area contributed by atoms with Crippen LogP contribution in [0.3, 0.4) is 0 Å². The van der Waals surface area contributed by atoms with Crippen molar-refractivity contribution < 1.29 is 0 Å². The lowest BCUT2D eigenvalue weighted by Crippen LogP contribution is -2.35. The van der Waals surface area contributed by atoms with Crippen LogP contribution in [-0.2, 0) is 26.2 Å². The van der Waals surface area contributed by atoms with E-state index >= 15 is 0 Å². The molecule has 8 heteroatoms. The third-order valence-electron chi connectivity index (χ3n) is 4.92. The molecule has 0 saturated heterocycles. The van der Waals surface area contributed by atoms with Gasteiger partial charge in [0.25, 0.3) is 0 Å². The maximum Gasteiger partial charge on any atom is 0.0964 e. The zero-order valence-electron chi connectivity index (χ0n) is 17.4. The van der Waals surface area contributed by atoms with Gasteiger partial charge in [0.15, 0.2) is 0 Å². The summed E-state index contributed by atoms with van der Waals surface area (Å²) < 4.78 is 0. The molecule has 4 rings (SSSR count). The average Bonchev–Trinajstić information content (AvgIpc) is 3.32. The fraction of sp³-hybridized carbons (Fsp3) is 0.261. The first-order chi connectivity index (χ1) is 15.3. The second-order valence-corrected chi connectivity index (χ2v) is 7.35. The number of hydrogen-bond donors (Lipinski definition) is 1. The van der Waals surface area contributed by atoms with E-state index in [9.17, 15) is 0 Å². The largest absolute Gasteiger partial charge is 0.290 e. The standard InChI is InChI=1S/C23H26N8/c1-4-10-24-20(7-1)16-30(17-21-8-2-5-11-25-21)13-14-31(19-23-15-27-29-28-23)18-22-9-3-6-12-26-22/h1-12,15H,13-14,16-19H2,(H,27,28,29). The lowest BCUT2D eigenvalue weighted by atomic mass is 10.2. The molecule has 0 fully saturated rings. The molecule has 158 valence electrons. The lowest BCUT2D eigenvalue weighted by Gasteiger charge is -2.27. The molecule has 0 unspecified atom stereocenters. The second kappa shape index (κ2) is 11.1. The van der Waals surface area contributed by atoms with Gasteiger partial charge in [-0.25, -0.2) is 0 Å².